The van der Waals surface area contributed by atoms with Crippen molar-refractivity contribution < 1.29 is 19.1 Å². The summed E-state index contributed by atoms with van der Waals surface area (Å²) < 4.78 is 6.17. The summed E-state index contributed by atoms with van der Waals surface area (Å²) in [5.74, 6) is -0.514. The summed E-state index contributed by atoms with van der Waals surface area (Å²) in [4.78, 5) is 42.2. The summed E-state index contributed by atoms with van der Waals surface area (Å²) in [6.45, 7) is 0. The Hall–Kier alpha value is -5.36. The van der Waals surface area contributed by atoms with Crippen molar-refractivity contribution in [2.45, 2.75) is 25.3 Å². The van der Waals surface area contributed by atoms with Gasteiger partial charge in [0.15, 0.2) is 0 Å². The van der Waals surface area contributed by atoms with Crippen molar-refractivity contribution in [1.82, 2.24) is 30.5 Å². The van der Waals surface area contributed by atoms with Gasteiger partial charge in [-0.25, -0.2) is 4.79 Å². The average Bonchev–Trinajstić information content (AvgIpc) is 3.54. The molecule has 1 unspecified atom stereocenters. The molecular weight excluding hydrogens is 572 g/mol. The van der Waals surface area contributed by atoms with E-state index >= 15 is 0 Å². The standard InChI is InChI=1S/C30H27ClN8O4/c1-43-30(42)34-22-9-10-23-19-13-14-32-26(16-19)24(5-3-2-4-6-28(40)36-25(23)17-22)35-29(41)12-7-20-15-21(31)8-11-27(20)39-18-33-37-38-39/h2-3,7-18,24H,4-6H2,1H3,(H,34,42)(H,35,41)(H,36,40). The number of tetrazole rings is 1. The molecule has 0 radical (unpaired) electrons. The lowest BCUT2D eigenvalue weighted by molar-refractivity contribution is -0.117. The van der Waals surface area contributed by atoms with Gasteiger partial charge in [0.05, 0.1) is 30.2 Å². The molecule has 0 spiro atoms. The van der Waals surface area contributed by atoms with Gasteiger partial charge in [0.25, 0.3) is 0 Å². The molecule has 0 aliphatic carbocycles. The molecule has 3 amide bonds. The van der Waals surface area contributed by atoms with E-state index in [1.807, 2.05) is 24.3 Å². The molecule has 1 aliphatic rings. The fourth-order valence-electron chi connectivity index (χ4n) is 4.51. The highest BCUT2D eigenvalue weighted by molar-refractivity contribution is 6.30. The lowest BCUT2D eigenvalue weighted by Gasteiger charge is -2.18. The Balaban J connectivity index is 1.43. The SMILES string of the molecule is COC(=O)Nc1ccc2c(c1)NC(=O)CCC=CCC(NC(=O)C=Cc1cc(Cl)ccc1-n1cnnn1)c1cc-2ccn1. The van der Waals surface area contributed by atoms with E-state index in [2.05, 4.69) is 41.2 Å². The van der Waals surface area contributed by atoms with Crippen LogP contribution in [0.4, 0.5) is 16.2 Å². The van der Waals surface area contributed by atoms with Crippen LogP contribution < -0.4 is 16.0 Å². The van der Waals surface area contributed by atoms with Gasteiger partial charge in [-0.3, -0.25) is 19.9 Å². The highest BCUT2D eigenvalue weighted by atomic mass is 35.5. The number of nitrogens with one attached hydrogen (secondary N) is 3. The number of rotatable bonds is 5. The lowest BCUT2D eigenvalue weighted by Crippen LogP contribution is -2.27. The van der Waals surface area contributed by atoms with E-state index in [9.17, 15) is 14.4 Å². The minimum Gasteiger partial charge on any atom is -0.453 e. The quantitative estimate of drug-likeness (QED) is 0.212. The first-order valence-corrected chi connectivity index (χ1v) is 13.7. The number of hydrogen-bond acceptors (Lipinski definition) is 8. The first-order chi connectivity index (χ1) is 20.9. The second-order valence-corrected chi connectivity index (χ2v) is 9.93. The molecule has 5 rings (SSSR count). The Bertz CT molecular complexity index is 1700. The van der Waals surface area contributed by atoms with Crippen LogP contribution >= 0.6 is 11.6 Å². The van der Waals surface area contributed by atoms with Crippen molar-refractivity contribution in [1.29, 1.82) is 0 Å². The molecule has 2 bridgehead atoms. The summed E-state index contributed by atoms with van der Waals surface area (Å²) in [5.41, 5.74) is 4.42. The number of carbonyl (C=O) groups excluding carboxylic acids is 3. The van der Waals surface area contributed by atoms with E-state index < -0.39 is 12.1 Å². The first-order valence-electron chi connectivity index (χ1n) is 13.3. The molecule has 0 saturated carbocycles. The van der Waals surface area contributed by atoms with Gasteiger partial charge in [0.2, 0.25) is 11.8 Å². The molecule has 12 nitrogen and oxygen atoms in total. The highest BCUT2D eigenvalue weighted by Crippen LogP contribution is 2.33. The van der Waals surface area contributed by atoms with Gasteiger partial charge in [-0.1, -0.05) is 29.8 Å². The second kappa shape index (κ2) is 13.5. The predicted molar refractivity (Wildman–Crippen MR) is 161 cm³/mol. The molecular formula is C30H27ClN8O4. The van der Waals surface area contributed by atoms with Gasteiger partial charge < -0.3 is 15.4 Å². The zero-order valence-corrected chi connectivity index (χ0v) is 23.8. The van der Waals surface area contributed by atoms with E-state index in [0.29, 0.717) is 46.2 Å². The number of amides is 3. The van der Waals surface area contributed by atoms with Crippen molar-refractivity contribution in [2.24, 2.45) is 0 Å². The molecule has 1 atom stereocenters. The number of benzene rings is 2. The number of carbonyl (C=O) groups is 3. The maximum absolute atomic E-state index is 13.2. The minimum absolute atomic E-state index is 0.174. The molecule has 0 saturated heterocycles. The van der Waals surface area contributed by atoms with Gasteiger partial charge >= 0.3 is 6.09 Å². The molecule has 0 fully saturated rings. The third-order valence-electron chi connectivity index (χ3n) is 6.57. The normalized spacial score (nSPS) is 14.9. The molecule has 1 aliphatic heterocycles. The summed E-state index contributed by atoms with van der Waals surface area (Å²) in [5, 5.41) is 20.4. The first kappa shape index (κ1) is 29.1. The highest BCUT2D eigenvalue weighted by Gasteiger charge is 2.18. The Morgan fingerprint density at radius 3 is 2.84 bits per heavy atom. The van der Waals surface area contributed by atoms with Crippen LogP contribution in [0.3, 0.4) is 0 Å². The Morgan fingerprint density at radius 1 is 1.14 bits per heavy atom. The maximum Gasteiger partial charge on any atom is 0.411 e. The van der Waals surface area contributed by atoms with Crippen molar-refractivity contribution in [2.75, 3.05) is 17.7 Å². The number of pyridine rings is 1. The molecule has 2 aromatic carbocycles. The third kappa shape index (κ3) is 7.49. The number of fused-ring (bicyclic) bond motifs is 4. The molecule has 3 N–H and O–H groups in total. The fraction of sp³-hybridized carbons (Fsp3) is 0.167. The number of hydrogen-bond donors (Lipinski definition) is 3. The van der Waals surface area contributed by atoms with E-state index in [4.69, 9.17) is 11.6 Å². The minimum atomic E-state index is -0.623. The van der Waals surface area contributed by atoms with Crippen molar-refractivity contribution >= 4 is 47.0 Å². The number of methoxy groups -OCH3 is 1. The van der Waals surface area contributed by atoms with Gasteiger partial charge in [0, 0.05) is 40.5 Å². The Labute approximate surface area is 251 Å². The van der Waals surface area contributed by atoms with E-state index in [1.165, 1.54) is 24.2 Å². The summed E-state index contributed by atoms with van der Waals surface area (Å²) >= 11 is 6.21. The van der Waals surface area contributed by atoms with Crippen LogP contribution in [0.2, 0.25) is 5.02 Å². The number of nitrogens with zero attached hydrogens (tertiary/aromatic N) is 5. The summed E-state index contributed by atoms with van der Waals surface area (Å²) in [6.07, 6.45) is 10.6. The topological polar surface area (TPSA) is 153 Å². The van der Waals surface area contributed by atoms with Crippen molar-refractivity contribution in [3.63, 3.8) is 0 Å². The van der Waals surface area contributed by atoms with E-state index in [0.717, 1.165) is 11.1 Å². The number of aromatic nitrogens is 5. The van der Waals surface area contributed by atoms with Crippen LogP contribution in [-0.2, 0) is 14.3 Å². The van der Waals surface area contributed by atoms with Crippen LogP contribution in [-0.4, -0.2) is 50.2 Å². The number of ether oxygens (including phenoxy) is 1. The maximum atomic E-state index is 13.2. The van der Waals surface area contributed by atoms with Gasteiger partial charge in [-0.2, -0.15) is 4.68 Å². The summed E-state index contributed by atoms with van der Waals surface area (Å²) in [6, 6.07) is 13.6. The molecule has 3 heterocycles. The van der Waals surface area contributed by atoms with Crippen LogP contribution in [0.15, 0.2) is 79.3 Å². The van der Waals surface area contributed by atoms with Gasteiger partial charge in [0.1, 0.15) is 6.33 Å². The number of halogens is 1. The summed E-state index contributed by atoms with van der Waals surface area (Å²) in [7, 11) is 1.27. The zero-order chi connectivity index (χ0) is 30.2. The zero-order valence-electron chi connectivity index (χ0n) is 23.0. The van der Waals surface area contributed by atoms with Crippen LogP contribution in [0.1, 0.15) is 36.6 Å². The van der Waals surface area contributed by atoms with Crippen LogP contribution in [0.25, 0.3) is 22.9 Å². The number of allylic oxidation sites excluding steroid dienone is 1. The third-order valence-corrected chi connectivity index (χ3v) is 6.80. The fourth-order valence-corrected chi connectivity index (χ4v) is 4.69. The Morgan fingerprint density at radius 2 is 2.02 bits per heavy atom. The molecule has 2 aromatic heterocycles. The smallest absolute Gasteiger partial charge is 0.411 e. The molecule has 218 valence electrons. The van der Waals surface area contributed by atoms with Crippen molar-refractivity contribution in [3.8, 4) is 16.8 Å². The number of anilines is 2. The second-order valence-electron chi connectivity index (χ2n) is 9.49. The van der Waals surface area contributed by atoms with Crippen molar-refractivity contribution in [3.05, 3.63) is 95.6 Å². The van der Waals surface area contributed by atoms with Gasteiger partial charge in [-0.05, 0) is 77.4 Å². The van der Waals surface area contributed by atoms with Crippen LogP contribution in [0, 0.1) is 0 Å². The van der Waals surface area contributed by atoms with E-state index in [1.54, 1.807) is 48.7 Å². The monoisotopic (exact) mass is 598 g/mol. The lowest BCUT2D eigenvalue weighted by atomic mass is 10.0. The molecule has 13 heteroatoms. The van der Waals surface area contributed by atoms with Gasteiger partial charge in [-0.15, -0.1) is 5.10 Å². The molecule has 43 heavy (non-hydrogen) atoms. The Kier molecular flexibility index (Phi) is 9.17. The predicted octanol–water partition coefficient (Wildman–Crippen LogP) is 5.11. The average molecular weight is 599 g/mol. The van der Waals surface area contributed by atoms with E-state index in [-0.39, 0.29) is 18.2 Å². The largest absolute Gasteiger partial charge is 0.453 e. The van der Waals surface area contributed by atoms with Crippen LogP contribution in [0.5, 0.6) is 0 Å². The molecule has 4 aromatic rings.